The molecular weight excluding hydrogens is 334 g/mol. The molecule has 0 rings (SSSR count). The number of nitrogens with two attached hydrogens (primary N) is 3. The average molecular weight is 359 g/mol. The van der Waals surface area contributed by atoms with Gasteiger partial charge in [-0.15, -0.1) is 0 Å². The van der Waals surface area contributed by atoms with Gasteiger partial charge in [-0.2, -0.15) is 0 Å². The Morgan fingerprint density at radius 1 is 1.12 bits per heavy atom. The molecule has 0 aliphatic heterocycles. The molecule has 12 nitrogen and oxygen atoms in total. The molecule has 142 valence electrons. The maximum atomic E-state index is 12.1. The Bertz CT molecular complexity index is 519. The third-order valence-electron chi connectivity index (χ3n) is 2.95. The van der Waals surface area contributed by atoms with Crippen LogP contribution >= 0.6 is 0 Å². The van der Waals surface area contributed by atoms with Crippen molar-refractivity contribution in [2.24, 2.45) is 22.2 Å². The van der Waals surface area contributed by atoms with E-state index in [1.807, 2.05) is 0 Å². The Hall–Kier alpha value is -2.89. The average Bonchev–Trinajstić information content (AvgIpc) is 2.54. The van der Waals surface area contributed by atoms with E-state index < -0.39 is 42.3 Å². The smallest absolute Gasteiger partial charge is 0.325 e. The number of nitrogens with zero attached hydrogens (tertiary/aromatic N) is 1. The minimum absolute atomic E-state index is 0.0868. The quantitative estimate of drug-likeness (QED) is 0.110. The van der Waals surface area contributed by atoms with Gasteiger partial charge in [-0.25, -0.2) is 0 Å². The predicted octanol–water partition coefficient (Wildman–Crippen LogP) is -3.81. The fourth-order valence-electron chi connectivity index (χ4n) is 1.67. The summed E-state index contributed by atoms with van der Waals surface area (Å²) in [6, 6.07) is -2.01. The largest absolute Gasteiger partial charge is 0.480 e. The van der Waals surface area contributed by atoms with Crippen LogP contribution in [-0.2, 0) is 19.2 Å². The summed E-state index contributed by atoms with van der Waals surface area (Å²) < 4.78 is 0. The fourth-order valence-corrected chi connectivity index (χ4v) is 1.67. The first-order valence-electron chi connectivity index (χ1n) is 7.52. The molecule has 0 bridgehead atoms. The molecule has 0 aromatic heterocycles. The van der Waals surface area contributed by atoms with Crippen molar-refractivity contribution in [3.8, 4) is 0 Å². The molecule has 3 amide bonds. The van der Waals surface area contributed by atoms with E-state index in [0.717, 1.165) is 0 Å². The number of carboxylic acids is 1. The highest BCUT2D eigenvalue weighted by atomic mass is 16.4. The lowest BCUT2D eigenvalue weighted by molar-refractivity contribution is -0.141. The predicted molar refractivity (Wildman–Crippen MR) is 89.1 cm³/mol. The van der Waals surface area contributed by atoms with Crippen LogP contribution in [0.5, 0.6) is 0 Å². The standard InChI is InChI=1S/C13H25N7O5/c1-7(12(24)25)19-10(22)6-18-11(23)8(20-9(21)5-14)3-2-4-17-13(15)16/h7-8H,2-6,14H2,1H3,(H,18,23)(H,19,22)(H,20,21)(H,24,25)(H4,15,16,17). The number of nitrogens with one attached hydrogen (secondary N) is 3. The fraction of sp³-hybridized carbons (Fsp3) is 0.615. The van der Waals surface area contributed by atoms with Crippen LogP contribution in [0.3, 0.4) is 0 Å². The molecule has 0 aliphatic rings. The SMILES string of the molecule is CC(NC(=O)CNC(=O)C(CCCN=C(N)N)NC(=O)CN)C(=O)O. The molecule has 12 heteroatoms. The number of carbonyl (C=O) groups is 4. The van der Waals surface area contributed by atoms with Gasteiger partial charge < -0.3 is 38.3 Å². The van der Waals surface area contributed by atoms with Crippen LogP contribution in [0.1, 0.15) is 19.8 Å². The van der Waals surface area contributed by atoms with Gasteiger partial charge in [-0.05, 0) is 19.8 Å². The zero-order valence-corrected chi connectivity index (χ0v) is 13.9. The van der Waals surface area contributed by atoms with Crippen LogP contribution in [0.4, 0.5) is 0 Å². The Labute approximate surface area is 144 Å². The lowest BCUT2D eigenvalue weighted by Gasteiger charge is -2.18. The number of hydrogen-bond acceptors (Lipinski definition) is 6. The molecule has 25 heavy (non-hydrogen) atoms. The monoisotopic (exact) mass is 359 g/mol. The van der Waals surface area contributed by atoms with Crippen LogP contribution < -0.4 is 33.2 Å². The highest BCUT2D eigenvalue weighted by Gasteiger charge is 2.21. The molecular formula is C13H25N7O5. The Morgan fingerprint density at radius 2 is 1.76 bits per heavy atom. The third-order valence-corrected chi connectivity index (χ3v) is 2.95. The van der Waals surface area contributed by atoms with E-state index in [0.29, 0.717) is 6.42 Å². The Balaban J connectivity index is 4.54. The summed E-state index contributed by atoms with van der Waals surface area (Å²) in [7, 11) is 0. The van der Waals surface area contributed by atoms with E-state index in [-0.39, 0.29) is 25.5 Å². The number of guanidine groups is 1. The van der Waals surface area contributed by atoms with Gasteiger partial charge in [0.15, 0.2) is 5.96 Å². The van der Waals surface area contributed by atoms with Gasteiger partial charge >= 0.3 is 5.97 Å². The van der Waals surface area contributed by atoms with Crippen molar-refractivity contribution in [1.82, 2.24) is 16.0 Å². The molecule has 0 spiro atoms. The van der Waals surface area contributed by atoms with Crippen molar-refractivity contribution >= 4 is 29.7 Å². The molecule has 2 unspecified atom stereocenters. The molecule has 0 aromatic carbocycles. The minimum Gasteiger partial charge on any atom is -0.480 e. The second kappa shape index (κ2) is 11.6. The number of aliphatic imine (C=N–C) groups is 1. The summed E-state index contributed by atoms with van der Waals surface area (Å²) in [5.74, 6) is -3.10. The van der Waals surface area contributed by atoms with Crippen molar-refractivity contribution in [3.63, 3.8) is 0 Å². The summed E-state index contributed by atoms with van der Waals surface area (Å²) in [4.78, 5) is 49.5. The van der Waals surface area contributed by atoms with Crippen molar-refractivity contribution in [3.05, 3.63) is 0 Å². The van der Waals surface area contributed by atoms with Crippen molar-refractivity contribution < 1.29 is 24.3 Å². The van der Waals surface area contributed by atoms with Crippen LogP contribution in [0.15, 0.2) is 4.99 Å². The van der Waals surface area contributed by atoms with E-state index in [9.17, 15) is 19.2 Å². The Morgan fingerprint density at radius 3 is 2.28 bits per heavy atom. The van der Waals surface area contributed by atoms with Gasteiger partial charge in [-0.1, -0.05) is 0 Å². The van der Waals surface area contributed by atoms with Crippen molar-refractivity contribution in [2.45, 2.75) is 31.8 Å². The number of hydrogen-bond donors (Lipinski definition) is 7. The molecule has 2 atom stereocenters. The van der Waals surface area contributed by atoms with Crippen LogP contribution in [0.25, 0.3) is 0 Å². The number of amides is 3. The summed E-state index contributed by atoms with van der Waals surface area (Å²) in [5, 5.41) is 15.6. The molecule has 0 fully saturated rings. The maximum absolute atomic E-state index is 12.1. The summed E-state index contributed by atoms with van der Waals surface area (Å²) in [6.07, 6.45) is 0.630. The van der Waals surface area contributed by atoms with E-state index in [1.54, 1.807) is 0 Å². The van der Waals surface area contributed by atoms with Crippen LogP contribution in [0, 0.1) is 0 Å². The second-order valence-electron chi connectivity index (χ2n) is 5.12. The van der Waals surface area contributed by atoms with Crippen molar-refractivity contribution in [2.75, 3.05) is 19.6 Å². The third kappa shape index (κ3) is 10.5. The maximum Gasteiger partial charge on any atom is 0.325 e. The number of aliphatic carboxylic acids is 1. The lowest BCUT2D eigenvalue weighted by Crippen LogP contribution is -2.51. The van der Waals surface area contributed by atoms with Gasteiger partial charge in [0, 0.05) is 6.54 Å². The zero-order chi connectivity index (χ0) is 19.4. The normalized spacial score (nSPS) is 12.4. The summed E-state index contributed by atoms with van der Waals surface area (Å²) in [6.45, 7) is 0.824. The van der Waals surface area contributed by atoms with Gasteiger partial charge in [0.2, 0.25) is 17.7 Å². The first-order chi connectivity index (χ1) is 11.7. The van der Waals surface area contributed by atoms with Gasteiger partial charge in [-0.3, -0.25) is 24.2 Å². The van der Waals surface area contributed by atoms with E-state index in [2.05, 4.69) is 20.9 Å². The lowest BCUT2D eigenvalue weighted by atomic mass is 10.1. The number of carboxylic acid groups (broad SMARTS) is 1. The van der Waals surface area contributed by atoms with Crippen molar-refractivity contribution in [1.29, 1.82) is 0 Å². The number of rotatable bonds is 11. The van der Waals surface area contributed by atoms with Gasteiger partial charge in [0.1, 0.15) is 12.1 Å². The Kier molecular flexibility index (Phi) is 10.3. The highest BCUT2D eigenvalue weighted by Crippen LogP contribution is 1.99. The molecule has 0 saturated carbocycles. The molecule has 0 aromatic rings. The van der Waals surface area contributed by atoms with E-state index in [4.69, 9.17) is 22.3 Å². The second-order valence-corrected chi connectivity index (χ2v) is 5.12. The van der Waals surface area contributed by atoms with E-state index >= 15 is 0 Å². The first kappa shape index (κ1) is 22.1. The van der Waals surface area contributed by atoms with E-state index in [1.165, 1.54) is 6.92 Å². The summed E-state index contributed by atoms with van der Waals surface area (Å²) in [5.41, 5.74) is 15.6. The topological polar surface area (TPSA) is 215 Å². The molecule has 0 radical (unpaired) electrons. The van der Waals surface area contributed by atoms with Crippen LogP contribution in [0.2, 0.25) is 0 Å². The van der Waals surface area contributed by atoms with Gasteiger partial charge in [0.25, 0.3) is 0 Å². The molecule has 0 aliphatic carbocycles. The minimum atomic E-state index is -1.20. The molecule has 0 saturated heterocycles. The summed E-state index contributed by atoms with van der Waals surface area (Å²) >= 11 is 0. The zero-order valence-electron chi connectivity index (χ0n) is 13.9. The van der Waals surface area contributed by atoms with Gasteiger partial charge in [0.05, 0.1) is 13.1 Å². The molecule has 10 N–H and O–H groups in total. The highest BCUT2D eigenvalue weighted by molar-refractivity contribution is 5.91. The number of carbonyl (C=O) groups excluding carboxylic acids is 3. The first-order valence-corrected chi connectivity index (χ1v) is 7.52. The molecule has 0 heterocycles. The van der Waals surface area contributed by atoms with Crippen LogP contribution in [-0.4, -0.2) is 66.5 Å².